The van der Waals surface area contributed by atoms with Gasteiger partial charge in [-0.25, -0.2) is 9.78 Å². The van der Waals surface area contributed by atoms with Crippen LogP contribution in [0.5, 0.6) is 0 Å². The van der Waals surface area contributed by atoms with Crippen molar-refractivity contribution in [2.24, 2.45) is 0 Å². The topological polar surface area (TPSA) is 57.8 Å². The number of imidazole rings is 1. The molecule has 3 heterocycles. The zero-order valence-corrected chi connectivity index (χ0v) is 11.7. The van der Waals surface area contributed by atoms with Gasteiger partial charge in [-0.05, 0) is 37.8 Å². The van der Waals surface area contributed by atoms with Crippen molar-refractivity contribution >= 4 is 17.3 Å². The van der Waals surface area contributed by atoms with Gasteiger partial charge in [-0.1, -0.05) is 6.92 Å². The Morgan fingerprint density at radius 3 is 2.70 bits per heavy atom. The Morgan fingerprint density at radius 1 is 1.30 bits per heavy atom. The highest BCUT2D eigenvalue weighted by Crippen LogP contribution is 2.22. The van der Waals surface area contributed by atoms with Gasteiger partial charge >= 0.3 is 5.97 Å². The van der Waals surface area contributed by atoms with Crippen molar-refractivity contribution in [1.29, 1.82) is 0 Å². The van der Waals surface area contributed by atoms with Crippen molar-refractivity contribution in [3.05, 3.63) is 29.7 Å². The van der Waals surface area contributed by atoms with Crippen molar-refractivity contribution in [3.63, 3.8) is 0 Å². The molecule has 20 heavy (non-hydrogen) atoms. The third kappa shape index (κ3) is 2.13. The summed E-state index contributed by atoms with van der Waals surface area (Å²) < 4.78 is 1.71. The molecular weight excluding hydrogens is 254 g/mol. The molecule has 2 aromatic rings. The van der Waals surface area contributed by atoms with E-state index in [-0.39, 0.29) is 0 Å². The molecule has 0 radical (unpaired) electrons. The Hall–Kier alpha value is -2.04. The van der Waals surface area contributed by atoms with Crippen molar-refractivity contribution in [2.75, 3.05) is 18.0 Å². The molecule has 1 N–H and O–H groups in total. The minimum absolute atomic E-state index is 0.293. The highest BCUT2D eigenvalue weighted by molar-refractivity contribution is 5.88. The fraction of sp³-hybridized carbons (Fsp3) is 0.467. The van der Waals surface area contributed by atoms with Crippen LogP contribution < -0.4 is 4.90 Å². The maximum Gasteiger partial charge on any atom is 0.354 e. The number of aromatic carboxylic acids is 1. The van der Waals surface area contributed by atoms with E-state index in [0.717, 1.165) is 18.8 Å². The van der Waals surface area contributed by atoms with E-state index in [1.807, 2.05) is 25.3 Å². The number of nitrogens with zero attached hydrogens (tertiary/aromatic N) is 3. The Kier molecular flexibility index (Phi) is 3.34. The third-order valence-corrected chi connectivity index (χ3v) is 3.93. The molecule has 3 rings (SSSR count). The summed E-state index contributed by atoms with van der Waals surface area (Å²) in [6.07, 6.45) is 6.23. The smallest absolute Gasteiger partial charge is 0.354 e. The van der Waals surface area contributed by atoms with E-state index < -0.39 is 5.97 Å². The monoisotopic (exact) mass is 273 g/mol. The Morgan fingerprint density at radius 2 is 2.05 bits per heavy atom. The number of rotatable bonds is 3. The molecule has 1 fully saturated rings. The fourth-order valence-corrected chi connectivity index (χ4v) is 2.89. The predicted octanol–water partition coefficient (Wildman–Crippen LogP) is 2.59. The summed E-state index contributed by atoms with van der Waals surface area (Å²) >= 11 is 0. The van der Waals surface area contributed by atoms with E-state index in [0.29, 0.717) is 23.5 Å². The zero-order valence-electron chi connectivity index (χ0n) is 11.7. The molecule has 0 amide bonds. The molecule has 0 spiro atoms. The van der Waals surface area contributed by atoms with Gasteiger partial charge in [0.05, 0.1) is 11.4 Å². The number of pyridine rings is 1. The van der Waals surface area contributed by atoms with Crippen molar-refractivity contribution in [2.45, 2.75) is 32.6 Å². The van der Waals surface area contributed by atoms with E-state index in [4.69, 9.17) is 0 Å². The van der Waals surface area contributed by atoms with Gasteiger partial charge in [0.25, 0.3) is 0 Å². The maximum absolute atomic E-state index is 11.5. The number of aryl methyl sites for hydroxylation is 1. The van der Waals surface area contributed by atoms with Crippen LogP contribution in [0.4, 0.5) is 5.69 Å². The Bertz CT molecular complexity index is 642. The van der Waals surface area contributed by atoms with Crippen LogP contribution in [-0.4, -0.2) is 33.6 Å². The minimum Gasteiger partial charge on any atom is -0.477 e. The average Bonchev–Trinajstić information content (AvgIpc) is 2.85. The molecule has 5 nitrogen and oxygen atoms in total. The standard InChI is InChI=1S/C15H19N3O2/c1-2-12-14(15(19)20)18-10-11(6-7-13(18)16-12)17-8-4-3-5-9-17/h6-7,10H,2-5,8-9H2,1H3,(H,19,20). The lowest BCUT2D eigenvalue weighted by Crippen LogP contribution is -2.29. The van der Waals surface area contributed by atoms with Crippen LogP contribution >= 0.6 is 0 Å². The summed E-state index contributed by atoms with van der Waals surface area (Å²) in [6, 6.07) is 3.95. The van der Waals surface area contributed by atoms with Crippen molar-refractivity contribution < 1.29 is 9.90 Å². The molecule has 0 bridgehead atoms. The first-order valence-electron chi connectivity index (χ1n) is 7.20. The van der Waals surface area contributed by atoms with Crippen LogP contribution in [0.1, 0.15) is 42.4 Å². The number of piperidine rings is 1. The van der Waals surface area contributed by atoms with Crippen LogP contribution in [0.15, 0.2) is 18.3 Å². The van der Waals surface area contributed by atoms with Crippen molar-refractivity contribution in [3.8, 4) is 0 Å². The maximum atomic E-state index is 11.5. The van der Waals surface area contributed by atoms with Crippen LogP contribution in [-0.2, 0) is 6.42 Å². The molecule has 1 aliphatic rings. The Labute approximate surface area is 117 Å². The largest absolute Gasteiger partial charge is 0.477 e. The number of anilines is 1. The van der Waals surface area contributed by atoms with Crippen LogP contribution in [0.3, 0.4) is 0 Å². The predicted molar refractivity (Wildman–Crippen MR) is 77.6 cm³/mol. The lowest BCUT2D eigenvalue weighted by atomic mass is 10.1. The first kappa shape index (κ1) is 13.0. The van der Waals surface area contributed by atoms with E-state index >= 15 is 0 Å². The molecule has 2 aromatic heterocycles. The Balaban J connectivity index is 2.09. The van der Waals surface area contributed by atoms with Crippen LogP contribution in [0.2, 0.25) is 0 Å². The molecular formula is C15H19N3O2. The number of carbonyl (C=O) groups is 1. The SMILES string of the molecule is CCc1nc2ccc(N3CCCCC3)cn2c1C(=O)O. The van der Waals surface area contributed by atoms with Gasteiger partial charge in [-0.2, -0.15) is 0 Å². The van der Waals surface area contributed by atoms with Gasteiger partial charge in [-0.3, -0.25) is 4.40 Å². The second kappa shape index (κ2) is 5.15. The molecule has 106 valence electrons. The summed E-state index contributed by atoms with van der Waals surface area (Å²) in [5.74, 6) is -0.912. The molecule has 1 saturated heterocycles. The molecule has 5 heteroatoms. The first-order valence-corrected chi connectivity index (χ1v) is 7.20. The fourth-order valence-electron chi connectivity index (χ4n) is 2.89. The van der Waals surface area contributed by atoms with Gasteiger partial charge < -0.3 is 10.0 Å². The van der Waals surface area contributed by atoms with Gasteiger partial charge in [0.1, 0.15) is 5.65 Å². The summed E-state index contributed by atoms with van der Waals surface area (Å²) in [5.41, 5.74) is 2.73. The summed E-state index contributed by atoms with van der Waals surface area (Å²) in [6.45, 7) is 4.02. The highest BCUT2D eigenvalue weighted by Gasteiger charge is 2.19. The van der Waals surface area contributed by atoms with Crippen molar-refractivity contribution in [1.82, 2.24) is 9.38 Å². The van der Waals surface area contributed by atoms with E-state index in [1.165, 1.54) is 19.3 Å². The van der Waals surface area contributed by atoms with Gasteiger partial charge in [0.2, 0.25) is 0 Å². The molecule has 0 aromatic carbocycles. The molecule has 0 atom stereocenters. The molecule has 0 saturated carbocycles. The van der Waals surface area contributed by atoms with Gasteiger partial charge in [0, 0.05) is 19.3 Å². The van der Waals surface area contributed by atoms with E-state index in [2.05, 4.69) is 9.88 Å². The molecule has 0 aliphatic carbocycles. The molecule has 0 unspecified atom stereocenters. The molecule has 1 aliphatic heterocycles. The lowest BCUT2D eigenvalue weighted by molar-refractivity contribution is 0.0688. The second-order valence-corrected chi connectivity index (χ2v) is 5.23. The van der Waals surface area contributed by atoms with Gasteiger partial charge in [0.15, 0.2) is 5.69 Å². The zero-order chi connectivity index (χ0) is 14.1. The number of carboxylic acids is 1. The first-order chi connectivity index (χ1) is 9.70. The quantitative estimate of drug-likeness (QED) is 0.933. The third-order valence-electron chi connectivity index (χ3n) is 3.93. The van der Waals surface area contributed by atoms with Crippen LogP contribution in [0, 0.1) is 0 Å². The number of hydrogen-bond donors (Lipinski definition) is 1. The normalized spacial score (nSPS) is 15.8. The summed E-state index contributed by atoms with van der Waals surface area (Å²) in [5, 5.41) is 9.41. The number of fused-ring (bicyclic) bond motifs is 1. The van der Waals surface area contributed by atoms with E-state index in [1.54, 1.807) is 4.40 Å². The number of carboxylic acid groups (broad SMARTS) is 1. The van der Waals surface area contributed by atoms with Crippen LogP contribution in [0.25, 0.3) is 5.65 Å². The second-order valence-electron chi connectivity index (χ2n) is 5.23. The minimum atomic E-state index is -0.912. The summed E-state index contributed by atoms with van der Waals surface area (Å²) in [4.78, 5) is 18.2. The lowest BCUT2D eigenvalue weighted by Gasteiger charge is -2.28. The summed E-state index contributed by atoms with van der Waals surface area (Å²) in [7, 11) is 0. The number of aromatic nitrogens is 2. The number of hydrogen-bond acceptors (Lipinski definition) is 3. The highest BCUT2D eigenvalue weighted by atomic mass is 16.4. The van der Waals surface area contributed by atoms with Gasteiger partial charge in [-0.15, -0.1) is 0 Å². The average molecular weight is 273 g/mol. The van der Waals surface area contributed by atoms with E-state index in [9.17, 15) is 9.90 Å².